The Kier molecular flexibility index (Phi) is 5.71. The molecule has 1 atom stereocenters. The van der Waals surface area contributed by atoms with Gasteiger partial charge in [0, 0.05) is 18.5 Å². The largest absolute Gasteiger partial charge is 0.494 e. The van der Waals surface area contributed by atoms with Crippen LogP contribution < -0.4 is 16.0 Å². The van der Waals surface area contributed by atoms with E-state index in [1.807, 2.05) is 35.0 Å². The van der Waals surface area contributed by atoms with Crippen molar-refractivity contribution >= 4 is 0 Å². The maximum Gasteiger partial charge on any atom is 0.138 e. The van der Waals surface area contributed by atoms with E-state index in [0.717, 1.165) is 24.4 Å². The number of benzene rings is 1. The summed E-state index contributed by atoms with van der Waals surface area (Å²) in [4.78, 5) is 4.31. The molecule has 0 saturated heterocycles. The minimum Gasteiger partial charge on any atom is -0.494 e. The van der Waals surface area contributed by atoms with Gasteiger partial charge < -0.3 is 4.74 Å². The number of ether oxygens (including phenoxy) is 1. The smallest absolute Gasteiger partial charge is 0.138 e. The monoisotopic (exact) mass is 289 g/mol. The first-order valence-electron chi connectivity index (χ1n) is 7.23. The second-order valence-corrected chi connectivity index (χ2v) is 5.23. The first-order valence-corrected chi connectivity index (χ1v) is 7.23. The Balaban J connectivity index is 1.84. The normalized spacial score (nSPS) is 12.6. The van der Waals surface area contributed by atoms with Crippen LogP contribution in [0.2, 0.25) is 0 Å². The summed E-state index contributed by atoms with van der Waals surface area (Å²) in [7, 11) is 0. The molecule has 1 aromatic heterocycles. The van der Waals surface area contributed by atoms with Gasteiger partial charge >= 0.3 is 0 Å². The van der Waals surface area contributed by atoms with E-state index in [1.54, 1.807) is 6.33 Å². The fourth-order valence-corrected chi connectivity index (χ4v) is 2.15. The Labute approximate surface area is 125 Å². The highest BCUT2D eigenvalue weighted by molar-refractivity contribution is 5.20. The van der Waals surface area contributed by atoms with E-state index in [-0.39, 0.29) is 6.04 Å². The number of nitrogens with zero attached hydrogens (tertiary/aromatic N) is 3. The third-order valence-electron chi connectivity index (χ3n) is 3.28. The molecule has 2 rings (SSSR count). The van der Waals surface area contributed by atoms with Crippen LogP contribution in [0, 0.1) is 0 Å². The summed E-state index contributed by atoms with van der Waals surface area (Å²) in [5.41, 5.74) is 2.83. The Morgan fingerprint density at radius 1 is 1.29 bits per heavy atom. The van der Waals surface area contributed by atoms with Crippen LogP contribution in [-0.2, 0) is 6.42 Å². The van der Waals surface area contributed by atoms with Crippen LogP contribution in [0.4, 0.5) is 0 Å². The van der Waals surface area contributed by atoms with Gasteiger partial charge in [-0.05, 0) is 32.4 Å². The van der Waals surface area contributed by atoms with E-state index in [0.29, 0.717) is 12.6 Å². The molecule has 0 saturated carbocycles. The van der Waals surface area contributed by atoms with Crippen LogP contribution in [0.15, 0.2) is 36.7 Å². The van der Waals surface area contributed by atoms with Crippen molar-refractivity contribution in [3.05, 3.63) is 42.5 Å². The predicted octanol–water partition coefficient (Wildman–Crippen LogP) is 1.70. The third-order valence-corrected chi connectivity index (χ3v) is 3.28. The van der Waals surface area contributed by atoms with Gasteiger partial charge in [-0.25, -0.2) is 9.67 Å². The minimum absolute atomic E-state index is 0.107. The second kappa shape index (κ2) is 7.75. The van der Waals surface area contributed by atoms with Crippen molar-refractivity contribution in [2.75, 3.05) is 6.61 Å². The molecule has 1 aromatic carbocycles. The maximum absolute atomic E-state index is 5.70. The van der Waals surface area contributed by atoms with Gasteiger partial charge in [-0.2, -0.15) is 5.10 Å². The van der Waals surface area contributed by atoms with E-state index in [9.17, 15) is 0 Å². The zero-order valence-corrected chi connectivity index (χ0v) is 12.6. The van der Waals surface area contributed by atoms with Crippen molar-refractivity contribution in [2.45, 2.75) is 38.8 Å². The molecule has 6 nitrogen and oxygen atoms in total. The highest BCUT2D eigenvalue weighted by atomic mass is 16.5. The summed E-state index contributed by atoms with van der Waals surface area (Å²) in [6, 6.07) is 10.2. The number of hydrazine groups is 1. The summed E-state index contributed by atoms with van der Waals surface area (Å²) < 4.78 is 7.62. The van der Waals surface area contributed by atoms with Gasteiger partial charge in [0.05, 0.1) is 6.61 Å². The van der Waals surface area contributed by atoms with Crippen LogP contribution in [0.5, 0.6) is 5.75 Å². The molecule has 0 aliphatic rings. The van der Waals surface area contributed by atoms with Crippen LogP contribution in [-0.4, -0.2) is 27.4 Å². The number of nitrogens with one attached hydrogen (secondary N) is 1. The van der Waals surface area contributed by atoms with Crippen molar-refractivity contribution in [1.29, 1.82) is 0 Å². The lowest BCUT2D eigenvalue weighted by molar-refractivity contribution is 0.283. The van der Waals surface area contributed by atoms with Crippen molar-refractivity contribution in [1.82, 2.24) is 20.2 Å². The van der Waals surface area contributed by atoms with E-state index in [1.165, 1.54) is 0 Å². The molecule has 0 aliphatic heterocycles. The number of nitrogens with two attached hydrogens (primary N) is 1. The summed E-state index contributed by atoms with van der Waals surface area (Å²) >= 11 is 0. The first-order chi connectivity index (χ1) is 10.2. The summed E-state index contributed by atoms with van der Waals surface area (Å²) in [5.74, 6) is 7.44. The SMILES string of the molecule is CC(C)n1ncnc1CC(CCOc1ccccc1)NN. The molecule has 21 heavy (non-hydrogen) atoms. The number of hydrogen-bond acceptors (Lipinski definition) is 5. The highest BCUT2D eigenvalue weighted by Crippen LogP contribution is 2.11. The fraction of sp³-hybridized carbons (Fsp3) is 0.467. The molecular weight excluding hydrogens is 266 g/mol. The quantitative estimate of drug-likeness (QED) is 0.571. The second-order valence-electron chi connectivity index (χ2n) is 5.23. The zero-order valence-electron chi connectivity index (χ0n) is 12.6. The lowest BCUT2D eigenvalue weighted by atomic mass is 10.1. The predicted molar refractivity (Wildman–Crippen MR) is 81.8 cm³/mol. The third kappa shape index (κ3) is 4.54. The summed E-state index contributed by atoms with van der Waals surface area (Å²) in [5, 5.41) is 4.24. The zero-order chi connectivity index (χ0) is 15.1. The molecular formula is C15H23N5O. The highest BCUT2D eigenvalue weighted by Gasteiger charge is 2.14. The molecule has 6 heteroatoms. The lowest BCUT2D eigenvalue weighted by Crippen LogP contribution is -2.38. The molecule has 0 radical (unpaired) electrons. The van der Waals surface area contributed by atoms with Crippen LogP contribution in [0.1, 0.15) is 32.1 Å². The number of aromatic nitrogens is 3. The van der Waals surface area contributed by atoms with Crippen LogP contribution >= 0.6 is 0 Å². The number of para-hydroxylation sites is 1. The Hall–Kier alpha value is -1.92. The molecule has 0 fully saturated rings. The van der Waals surface area contributed by atoms with Gasteiger partial charge in [-0.1, -0.05) is 18.2 Å². The van der Waals surface area contributed by atoms with Crippen molar-refractivity contribution in [2.24, 2.45) is 5.84 Å². The van der Waals surface area contributed by atoms with Gasteiger partial charge in [-0.15, -0.1) is 0 Å². The van der Waals surface area contributed by atoms with Crippen LogP contribution in [0.3, 0.4) is 0 Å². The Morgan fingerprint density at radius 2 is 2.05 bits per heavy atom. The number of hydrogen-bond donors (Lipinski definition) is 2. The maximum atomic E-state index is 5.70. The Morgan fingerprint density at radius 3 is 2.71 bits per heavy atom. The van der Waals surface area contributed by atoms with Crippen molar-refractivity contribution < 1.29 is 4.74 Å². The van der Waals surface area contributed by atoms with Gasteiger partial charge in [0.25, 0.3) is 0 Å². The topological polar surface area (TPSA) is 78.0 Å². The lowest BCUT2D eigenvalue weighted by Gasteiger charge is -2.17. The van der Waals surface area contributed by atoms with Crippen molar-refractivity contribution in [3.8, 4) is 5.75 Å². The van der Waals surface area contributed by atoms with Gasteiger partial charge in [0.2, 0.25) is 0 Å². The van der Waals surface area contributed by atoms with Crippen LogP contribution in [0.25, 0.3) is 0 Å². The summed E-state index contributed by atoms with van der Waals surface area (Å²) in [6.45, 7) is 4.78. The standard InChI is InChI=1S/C15H23N5O/c1-12(2)20-15(17-11-18-20)10-13(19-16)8-9-21-14-6-4-3-5-7-14/h3-7,11-13,19H,8-10,16H2,1-2H3. The van der Waals surface area contributed by atoms with Crippen molar-refractivity contribution in [3.63, 3.8) is 0 Å². The van der Waals surface area contributed by atoms with E-state index >= 15 is 0 Å². The molecule has 1 unspecified atom stereocenters. The van der Waals surface area contributed by atoms with E-state index < -0.39 is 0 Å². The molecule has 114 valence electrons. The average Bonchev–Trinajstić information content (AvgIpc) is 2.95. The fourth-order valence-electron chi connectivity index (χ4n) is 2.15. The van der Waals surface area contributed by atoms with Gasteiger partial charge in [0.15, 0.2) is 0 Å². The molecule has 0 bridgehead atoms. The number of rotatable bonds is 8. The molecule has 0 aliphatic carbocycles. The van der Waals surface area contributed by atoms with Gasteiger partial charge in [-0.3, -0.25) is 11.3 Å². The summed E-state index contributed by atoms with van der Waals surface area (Å²) in [6.07, 6.45) is 3.12. The minimum atomic E-state index is 0.107. The molecule has 2 aromatic rings. The molecule has 3 N–H and O–H groups in total. The molecule has 0 spiro atoms. The van der Waals surface area contributed by atoms with E-state index in [4.69, 9.17) is 10.6 Å². The molecule has 0 amide bonds. The molecule has 1 heterocycles. The average molecular weight is 289 g/mol. The Bertz CT molecular complexity index is 526. The van der Waals surface area contributed by atoms with Gasteiger partial charge in [0.1, 0.15) is 17.9 Å². The first kappa shape index (κ1) is 15.5. The van der Waals surface area contributed by atoms with E-state index in [2.05, 4.69) is 29.4 Å².